The van der Waals surface area contributed by atoms with E-state index >= 15 is 0 Å². The normalized spacial score (nSPS) is 12.0. The predicted octanol–water partition coefficient (Wildman–Crippen LogP) is 2.31. The second-order valence-corrected chi connectivity index (χ2v) is 4.77. The molecule has 0 spiro atoms. The van der Waals surface area contributed by atoms with Crippen molar-refractivity contribution in [3.05, 3.63) is 18.0 Å². The van der Waals surface area contributed by atoms with E-state index in [0.717, 1.165) is 12.2 Å². The molecule has 19 heavy (non-hydrogen) atoms. The van der Waals surface area contributed by atoms with Gasteiger partial charge >= 0.3 is 6.18 Å². The van der Waals surface area contributed by atoms with E-state index in [9.17, 15) is 13.2 Å². The first kappa shape index (κ1) is 13.9. The van der Waals surface area contributed by atoms with E-state index in [1.165, 1.54) is 6.07 Å². The van der Waals surface area contributed by atoms with E-state index < -0.39 is 12.0 Å². The molecule has 0 radical (unpaired) electrons. The highest BCUT2D eigenvalue weighted by molar-refractivity contribution is 7.98. The van der Waals surface area contributed by atoms with Crippen molar-refractivity contribution in [2.45, 2.75) is 12.6 Å². The minimum Gasteiger partial charge on any atom is -0.369 e. The average molecular weight is 291 g/mol. The lowest BCUT2D eigenvalue weighted by molar-refractivity contribution is -0.146. The van der Waals surface area contributed by atoms with Crippen LogP contribution in [0.25, 0.3) is 5.65 Å². The van der Waals surface area contributed by atoms with Crippen LogP contribution in [-0.2, 0) is 6.18 Å². The summed E-state index contributed by atoms with van der Waals surface area (Å²) in [6, 6.07) is 3.04. The molecular weight excluding hydrogens is 279 g/mol. The first-order valence-electron chi connectivity index (χ1n) is 5.55. The number of hydrogen-bond donors (Lipinski definition) is 1. The zero-order valence-electron chi connectivity index (χ0n) is 10.1. The molecule has 0 amide bonds. The highest BCUT2D eigenvalue weighted by Crippen LogP contribution is 2.27. The van der Waals surface area contributed by atoms with Gasteiger partial charge in [0.05, 0.1) is 0 Å². The number of alkyl halides is 3. The molecule has 0 bridgehead atoms. The van der Waals surface area contributed by atoms with Gasteiger partial charge in [-0.05, 0) is 30.6 Å². The molecule has 9 heteroatoms. The third-order valence-electron chi connectivity index (χ3n) is 2.35. The summed E-state index contributed by atoms with van der Waals surface area (Å²) in [5, 5.41) is 13.4. The van der Waals surface area contributed by atoms with Gasteiger partial charge in [0.2, 0.25) is 0 Å². The Morgan fingerprint density at radius 3 is 2.79 bits per heavy atom. The van der Waals surface area contributed by atoms with Crippen LogP contribution in [0.15, 0.2) is 12.1 Å². The zero-order valence-corrected chi connectivity index (χ0v) is 10.9. The lowest BCUT2D eigenvalue weighted by Crippen LogP contribution is -2.14. The Labute approximate surface area is 111 Å². The number of nitrogens with one attached hydrogen (secondary N) is 1. The number of thioether (sulfide) groups is 1. The predicted molar refractivity (Wildman–Crippen MR) is 67.3 cm³/mol. The minimum absolute atomic E-state index is 0.0713. The van der Waals surface area contributed by atoms with Gasteiger partial charge in [-0.1, -0.05) is 0 Å². The summed E-state index contributed by atoms with van der Waals surface area (Å²) in [7, 11) is 0. The van der Waals surface area contributed by atoms with Crippen molar-refractivity contribution in [3.63, 3.8) is 0 Å². The number of rotatable bonds is 5. The van der Waals surface area contributed by atoms with Crippen LogP contribution in [0.3, 0.4) is 0 Å². The van der Waals surface area contributed by atoms with Crippen molar-refractivity contribution in [1.82, 2.24) is 19.8 Å². The van der Waals surface area contributed by atoms with Crippen LogP contribution in [-0.4, -0.2) is 38.4 Å². The second kappa shape index (κ2) is 5.64. The van der Waals surface area contributed by atoms with Gasteiger partial charge in [0.1, 0.15) is 5.82 Å². The fraction of sp³-hybridized carbons (Fsp3) is 0.500. The molecule has 2 heterocycles. The molecule has 104 valence electrons. The maximum atomic E-state index is 12.6. The number of halogens is 3. The van der Waals surface area contributed by atoms with E-state index in [0.29, 0.717) is 16.9 Å². The summed E-state index contributed by atoms with van der Waals surface area (Å²) in [6.45, 7) is 0.656. The molecule has 1 N–H and O–H groups in total. The smallest absolute Gasteiger partial charge is 0.369 e. The van der Waals surface area contributed by atoms with Crippen molar-refractivity contribution in [2.24, 2.45) is 0 Å². The lowest BCUT2D eigenvalue weighted by Gasteiger charge is -2.06. The Bertz CT molecular complexity index is 554. The number of anilines is 1. The van der Waals surface area contributed by atoms with Crippen molar-refractivity contribution in [3.8, 4) is 0 Å². The molecule has 0 aliphatic heterocycles. The van der Waals surface area contributed by atoms with Crippen LogP contribution in [0.4, 0.5) is 19.0 Å². The SMILES string of the molecule is CSCCCNc1ccc2nnc(C(F)(F)F)n2n1. The Balaban J connectivity index is 2.19. The van der Waals surface area contributed by atoms with Gasteiger partial charge in [-0.3, -0.25) is 0 Å². The van der Waals surface area contributed by atoms with Crippen LogP contribution < -0.4 is 5.32 Å². The fourth-order valence-electron chi connectivity index (χ4n) is 1.49. The second-order valence-electron chi connectivity index (χ2n) is 3.78. The maximum Gasteiger partial charge on any atom is 0.453 e. The van der Waals surface area contributed by atoms with Crippen molar-refractivity contribution in [1.29, 1.82) is 0 Å². The van der Waals surface area contributed by atoms with E-state index in [2.05, 4.69) is 20.6 Å². The molecule has 0 saturated carbocycles. The first-order chi connectivity index (χ1) is 9.02. The van der Waals surface area contributed by atoms with Gasteiger partial charge in [0.25, 0.3) is 5.82 Å². The number of nitrogens with zero attached hydrogens (tertiary/aromatic N) is 4. The quantitative estimate of drug-likeness (QED) is 0.857. The monoisotopic (exact) mass is 291 g/mol. The van der Waals surface area contributed by atoms with Gasteiger partial charge in [0, 0.05) is 6.54 Å². The summed E-state index contributed by atoms with van der Waals surface area (Å²) < 4.78 is 38.7. The minimum atomic E-state index is -4.57. The molecule has 2 aromatic rings. The Morgan fingerprint density at radius 1 is 1.32 bits per heavy atom. The van der Waals surface area contributed by atoms with E-state index in [-0.39, 0.29) is 5.65 Å². The third kappa shape index (κ3) is 3.28. The Kier molecular flexibility index (Phi) is 4.13. The maximum absolute atomic E-state index is 12.6. The van der Waals surface area contributed by atoms with E-state index in [4.69, 9.17) is 0 Å². The summed E-state index contributed by atoms with van der Waals surface area (Å²) >= 11 is 1.71. The van der Waals surface area contributed by atoms with E-state index in [1.54, 1.807) is 17.8 Å². The average Bonchev–Trinajstić information content (AvgIpc) is 2.77. The van der Waals surface area contributed by atoms with Gasteiger partial charge < -0.3 is 5.32 Å². The van der Waals surface area contributed by atoms with E-state index in [1.807, 2.05) is 6.26 Å². The third-order valence-corrected chi connectivity index (χ3v) is 3.04. The van der Waals surface area contributed by atoms with Gasteiger partial charge in [-0.15, -0.1) is 15.3 Å². The number of hydrogen-bond acceptors (Lipinski definition) is 5. The van der Waals surface area contributed by atoms with Crippen LogP contribution in [0.5, 0.6) is 0 Å². The van der Waals surface area contributed by atoms with Gasteiger partial charge in [-0.25, -0.2) is 0 Å². The molecular formula is C10H12F3N5S. The number of fused-ring (bicyclic) bond motifs is 1. The molecule has 5 nitrogen and oxygen atoms in total. The van der Waals surface area contributed by atoms with Crippen molar-refractivity contribution < 1.29 is 13.2 Å². The van der Waals surface area contributed by atoms with Crippen molar-refractivity contribution >= 4 is 23.2 Å². The molecule has 0 aromatic carbocycles. The molecule has 0 fully saturated rings. The standard InChI is InChI=1S/C10H12F3N5S/c1-19-6-2-5-14-7-3-4-8-15-16-9(10(11,12)13)18(8)17-7/h3-4H,2,5-6H2,1H3,(H,14,17). The van der Waals surface area contributed by atoms with Crippen LogP contribution in [0.1, 0.15) is 12.2 Å². The highest BCUT2D eigenvalue weighted by atomic mass is 32.2. The fourth-order valence-corrected chi connectivity index (χ4v) is 1.93. The molecule has 0 atom stereocenters. The lowest BCUT2D eigenvalue weighted by atomic mass is 10.4. The van der Waals surface area contributed by atoms with Crippen LogP contribution >= 0.6 is 11.8 Å². The molecule has 0 unspecified atom stereocenters. The Morgan fingerprint density at radius 2 is 2.11 bits per heavy atom. The van der Waals surface area contributed by atoms with Crippen LogP contribution in [0, 0.1) is 0 Å². The van der Waals surface area contributed by atoms with Gasteiger partial charge in [-0.2, -0.15) is 29.4 Å². The summed E-state index contributed by atoms with van der Waals surface area (Å²) in [6.07, 6.45) is -1.66. The molecule has 2 aromatic heterocycles. The topological polar surface area (TPSA) is 55.1 Å². The number of aromatic nitrogens is 4. The first-order valence-corrected chi connectivity index (χ1v) is 6.94. The molecule has 0 aliphatic rings. The molecule has 2 rings (SSSR count). The highest BCUT2D eigenvalue weighted by Gasteiger charge is 2.37. The van der Waals surface area contributed by atoms with Crippen molar-refractivity contribution in [2.75, 3.05) is 23.9 Å². The molecule has 0 saturated heterocycles. The summed E-state index contributed by atoms with van der Waals surface area (Å²) in [5.74, 6) is 0.240. The summed E-state index contributed by atoms with van der Waals surface area (Å²) in [5.41, 5.74) is 0.0713. The zero-order chi connectivity index (χ0) is 13.9. The van der Waals surface area contributed by atoms with Gasteiger partial charge in [0.15, 0.2) is 5.65 Å². The largest absolute Gasteiger partial charge is 0.453 e. The van der Waals surface area contributed by atoms with Crippen LogP contribution in [0.2, 0.25) is 0 Å². The summed E-state index contributed by atoms with van der Waals surface area (Å²) in [4.78, 5) is 0. The Hall–Kier alpha value is -1.51. The molecule has 0 aliphatic carbocycles.